The summed E-state index contributed by atoms with van der Waals surface area (Å²) in [5.41, 5.74) is 1.31. The van der Waals surface area contributed by atoms with Gasteiger partial charge in [-0.1, -0.05) is 6.07 Å². The molecule has 1 N–H and O–H groups in total. The molecular weight excluding hydrogens is 205 g/mol. The Bertz CT molecular complexity index is 359. The van der Waals surface area contributed by atoms with Gasteiger partial charge in [-0.05, 0) is 43.9 Å². The molecule has 1 saturated heterocycles. The Kier molecular flexibility index (Phi) is 3.44. The predicted molar refractivity (Wildman–Crippen MR) is 63.1 cm³/mol. The van der Waals surface area contributed by atoms with Crippen molar-refractivity contribution in [3.8, 4) is 0 Å². The van der Waals surface area contributed by atoms with Gasteiger partial charge in [-0.15, -0.1) is 0 Å². The number of rotatable bonds is 2. The van der Waals surface area contributed by atoms with Crippen molar-refractivity contribution < 1.29 is 9.50 Å². The van der Waals surface area contributed by atoms with Crippen molar-refractivity contribution >= 4 is 5.69 Å². The van der Waals surface area contributed by atoms with E-state index >= 15 is 0 Å². The number of hydrogen-bond donors (Lipinski definition) is 1. The van der Waals surface area contributed by atoms with Crippen molar-refractivity contribution in [2.45, 2.75) is 32.3 Å². The Morgan fingerprint density at radius 1 is 1.25 bits per heavy atom. The van der Waals surface area contributed by atoms with E-state index in [1.165, 1.54) is 12.5 Å². The molecule has 16 heavy (non-hydrogen) atoms. The molecule has 0 bridgehead atoms. The zero-order chi connectivity index (χ0) is 11.5. The van der Waals surface area contributed by atoms with Crippen molar-refractivity contribution in [2.24, 2.45) is 0 Å². The summed E-state index contributed by atoms with van der Waals surface area (Å²) in [4.78, 5) is 2.09. The average Bonchev–Trinajstić information content (AvgIpc) is 2.30. The predicted octanol–water partition coefficient (Wildman–Crippen LogP) is 2.87. The Morgan fingerprint density at radius 3 is 2.50 bits per heavy atom. The maximum absolute atomic E-state index is 13.8. The summed E-state index contributed by atoms with van der Waals surface area (Å²) in [6.45, 7) is 3.52. The topological polar surface area (TPSA) is 23.5 Å². The molecule has 1 aliphatic rings. The molecule has 1 aromatic carbocycles. The van der Waals surface area contributed by atoms with Crippen LogP contribution in [0.4, 0.5) is 10.1 Å². The molecule has 0 aliphatic carbocycles. The van der Waals surface area contributed by atoms with Gasteiger partial charge in [0.15, 0.2) is 0 Å². The summed E-state index contributed by atoms with van der Waals surface area (Å²) in [6.07, 6.45) is 2.91. The fourth-order valence-electron chi connectivity index (χ4n) is 2.17. The Balaban J connectivity index is 2.21. The second kappa shape index (κ2) is 4.83. The molecule has 1 fully saturated rings. The van der Waals surface area contributed by atoms with E-state index in [1.807, 2.05) is 0 Å². The van der Waals surface area contributed by atoms with Gasteiger partial charge in [0.05, 0.1) is 11.8 Å². The van der Waals surface area contributed by atoms with Gasteiger partial charge in [-0.2, -0.15) is 0 Å². The Hall–Kier alpha value is -1.09. The minimum Gasteiger partial charge on any atom is -0.389 e. The van der Waals surface area contributed by atoms with Crippen LogP contribution in [0, 0.1) is 5.82 Å². The molecule has 3 heteroatoms. The smallest absolute Gasteiger partial charge is 0.146 e. The molecule has 0 unspecified atom stereocenters. The minimum absolute atomic E-state index is 0.222. The molecule has 0 radical (unpaired) electrons. The molecule has 1 heterocycles. The lowest BCUT2D eigenvalue weighted by atomic mass is 10.1. The lowest BCUT2D eigenvalue weighted by Gasteiger charge is -2.29. The van der Waals surface area contributed by atoms with Crippen molar-refractivity contribution in [2.75, 3.05) is 18.0 Å². The van der Waals surface area contributed by atoms with Gasteiger partial charge in [-0.3, -0.25) is 0 Å². The summed E-state index contributed by atoms with van der Waals surface area (Å²) in [5.74, 6) is -0.222. The van der Waals surface area contributed by atoms with Crippen LogP contribution in [0.15, 0.2) is 18.2 Å². The lowest BCUT2D eigenvalue weighted by Crippen LogP contribution is -2.30. The molecule has 2 nitrogen and oxygen atoms in total. The molecule has 1 aliphatic heterocycles. The van der Waals surface area contributed by atoms with E-state index < -0.39 is 6.10 Å². The summed E-state index contributed by atoms with van der Waals surface area (Å²) in [5, 5.41) is 9.37. The van der Waals surface area contributed by atoms with Crippen LogP contribution < -0.4 is 4.90 Å². The first-order valence-electron chi connectivity index (χ1n) is 5.91. The fourth-order valence-corrected chi connectivity index (χ4v) is 2.17. The zero-order valence-corrected chi connectivity index (χ0v) is 9.62. The fraction of sp³-hybridized carbons (Fsp3) is 0.538. The highest BCUT2D eigenvalue weighted by Gasteiger charge is 2.15. The number of benzene rings is 1. The van der Waals surface area contributed by atoms with Crippen LogP contribution in [-0.4, -0.2) is 18.2 Å². The number of piperidine rings is 1. The second-order valence-corrected chi connectivity index (χ2v) is 4.43. The molecule has 2 rings (SSSR count). The highest BCUT2D eigenvalue weighted by atomic mass is 19.1. The summed E-state index contributed by atoms with van der Waals surface area (Å²) >= 11 is 0. The van der Waals surface area contributed by atoms with E-state index in [0.29, 0.717) is 11.3 Å². The van der Waals surface area contributed by atoms with Gasteiger partial charge in [-0.25, -0.2) is 4.39 Å². The van der Waals surface area contributed by atoms with Crippen LogP contribution in [0.25, 0.3) is 0 Å². The molecule has 0 spiro atoms. The van der Waals surface area contributed by atoms with Gasteiger partial charge in [0.1, 0.15) is 5.82 Å². The van der Waals surface area contributed by atoms with Crippen LogP contribution in [0.3, 0.4) is 0 Å². The Labute approximate surface area is 95.7 Å². The van der Waals surface area contributed by atoms with E-state index in [-0.39, 0.29) is 5.82 Å². The van der Waals surface area contributed by atoms with Crippen molar-refractivity contribution in [1.82, 2.24) is 0 Å². The molecule has 1 aromatic rings. The number of halogens is 1. The van der Waals surface area contributed by atoms with Crippen LogP contribution in [0.2, 0.25) is 0 Å². The number of anilines is 1. The highest BCUT2D eigenvalue weighted by Crippen LogP contribution is 2.25. The number of aliphatic hydroxyl groups excluding tert-OH is 1. The first kappa shape index (κ1) is 11.4. The van der Waals surface area contributed by atoms with E-state index in [1.54, 1.807) is 19.1 Å². The maximum Gasteiger partial charge on any atom is 0.146 e. The molecule has 88 valence electrons. The molecular formula is C13H18FNO. The van der Waals surface area contributed by atoms with Crippen LogP contribution in [-0.2, 0) is 0 Å². The number of nitrogens with zero attached hydrogens (tertiary/aromatic N) is 1. The summed E-state index contributed by atoms with van der Waals surface area (Å²) < 4.78 is 13.8. The Morgan fingerprint density at radius 2 is 1.94 bits per heavy atom. The monoisotopic (exact) mass is 223 g/mol. The number of hydrogen-bond acceptors (Lipinski definition) is 2. The average molecular weight is 223 g/mol. The first-order chi connectivity index (χ1) is 7.68. The highest BCUT2D eigenvalue weighted by molar-refractivity contribution is 5.49. The van der Waals surface area contributed by atoms with Gasteiger partial charge in [0, 0.05) is 13.1 Å². The normalized spacial score (nSPS) is 18.6. The molecule has 0 aromatic heterocycles. The van der Waals surface area contributed by atoms with Gasteiger partial charge in [0.25, 0.3) is 0 Å². The first-order valence-corrected chi connectivity index (χ1v) is 5.91. The zero-order valence-electron chi connectivity index (χ0n) is 9.62. The lowest BCUT2D eigenvalue weighted by molar-refractivity contribution is 0.199. The van der Waals surface area contributed by atoms with Crippen molar-refractivity contribution in [3.63, 3.8) is 0 Å². The van der Waals surface area contributed by atoms with Gasteiger partial charge >= 0.3 is 0 Å². The SMILES string of the molecule is C[C@@H](O)c1ccc(N2CCCCC2)c(F)c1. The third-order valence-corrected chi connectivity index (χ3v) is 3.15. The van der Waals surface area contributed by atoms with E-state index in [0.717, 1.165) is 25.9 Å². The minimum atomic E-state index is -0.607. The quantitative estimate of drug-likeness (QED) is 0.833. The van der Waals surface area contributed by atoms with Crippen LogP contribution >= 0.6 is 0 Å². The largest absolute Gasteiger partial charge is 0.389 e. The van der Waals surface area contributed by atoms with E-state index in [9.17, 15) is 9.50 Å². The number of aliphatic hydroxyl groups is 1. The third-order valence-electron chi connectivity index (χ3n) is 3.15. The van der Waals surface area contributed by atoms with Crippen molar-refractivity contribution in [3.05, 3.63) is 29.6 Å². The summed E-state index contributed by atoms with van der Waals surface area (Å²) in [6, 6.07) is 5.02. The van der Waals surface area contributed by atoms with Crippen LogP contribution in [0.5, 0.6) is 0 Å². The van der Waals surface area contributed by atoms with E-state index in [2.05, 4.69) is 4.90 Å². The van der Waals surface area contributed by atoms with Gasteiger partial charge in [0.2, 0.25) is 0 Å². The van der Waals surface area contributed by atoms with Crippen LogP contribution in [0.1, 0.15) is 37.9 Å². The van der Waals surface area contributed by atoms with Crippen molar-refractivity contribution in [1.29, 1.82) is 0 Å². The van der Waals surface area contributed by atoms with Gasteiger partial charge < -0.3 is 10.0 Å². The summed E-state index contributed by atoms with van der Waals surface area (Å²) in [7, 11) is 0. The second-order valence-electron chi connectivity index (χ2n) is 4.43. The standard InChI is InChI=1S/C13H18FNO/c1-10(16)11-5-6-13(12(14)9-11)15-7-3-2-4-8-15/h5-6,9-10,16H,2-4,7-8H2,1H3/t10-/m1/s1. The molecule has 1 atom stereocenters. The maximum atomic E-state index is 13.8. The molecule has 0 amide bonds. The van der Waals surface area contributed by atoms with E-state index in [4.69, 9.17) is 0 Å². The molecule has 0 saturated carbocycles. The third kappa shape index (κ3) is 2.35.